The summed E-state index contributed by atoms with van der Waals surface area (Å²) in [6.45, 7) is 2.04. The smallest absolute Gasteiger partial charge is 0.243 e. The van der Waals surface area contributed by atoms with Crippen molar-refractivity contribution in [1.82, 2.24) is 10.2 Å². The molecule has 3 rings (SSSR count). The van der Waals surface area contributed by atoms with Gasteiger partial charge in [-0.3, -0.25) is 9.59 Å². The van der Waals surface area contributed by atoms with E-state index in [1.54, 1.807) is 41.3 Å². The first kappa shape index (κ1) is 26.2. The number of nitrogens with zero attached hydrogens (tertiary/aromatic N) is 1. The molecule has 1 saturated carbocycles. The van der Waals surface area contributed by atoms with E-state index in [0.717, 1.165) is 25.7 Å². The van der Waals surface area contributed by atoms with E-state index >= 15 is 0 Å². The van der Waals surface area contributed by atoms with Gasteiger partial charge >= 0.3 is 0 Å². The number of nitrogens with one attached hydrogen (secondary N) is 1. The topological polar surface area (TPSA) is 49.4 Å². The molecule has 8 heteroatoms. The first-order valence-corrected chi connectivity index (χ1v) is 12.8. The van der Waals surface area contributed by atoms with E-state index in [1.807, 2.05) is 6.92 Å². The molecule has 2 amide bonds. The molecular formula is C25H28Cl4N2O2. The van der Waals surface area contributed by atoms with Gasteiger partial charge in [0, 0.05) is 28.2 Å². The lowest BCUT2D eigenvalue weighted by Crippen LogP contribution is -2.52. The molecule has 1 N–H and O–H groups in total. The summed E-state index contributed by atoms with van der Waals surface area (Å²) in [6, 6.07) is 9.81. The van der Waals surface area contributed by atoms with Crippen LogP contribution in [0.15, 0.2) is 36.4 Å². The van der Waals surface area contributed by atoms with Gasteiger partial charge in [-0.2, -0.15) is 0 Å². The van der Waals surface area contributed by atoms with Crippen molar-refractivity contribution >= 4 is 58.2 Å². The fraction of sp³-hybridized carbons (Fsp3) is 0.440. The molecule has 2 aromatic rings. The van der Waals surface area contributed by atoms with Crippen LogP contribution in [0, 0.1) is 0 Å². The molecule has 1 aliphatic rings. The Hall–Kier alpha value is -1.46. The Labute approximate surface area is 215 Å². The van der Waals surface area contributed by atoms with Crippen LogP contribution in [-0.2, 0) is 22.6 Å². The maximum atomic E-state index is 13.5. The summed E-state index contributed by atoms with van der Waals surface area (Å²) in [4.78, 5) is 28.4. The molecule has 178 valence electrons. The van der Waals surface area contributed by atoms with E-state index < -0.39 is 6.04 Å². The van der Waals surface area contributed by atoms with Crippen molar-refractivity contribution in [2.45, 2.75) is 70.5 Å². The molecule has 0 heterocycles. The number of carbonyl (C=O) groups excluding carboxylic acids is 2. The molecule has 0 aliphatic heterocycles. The van der Waals surface area contributed by atoms with E-state index in [0.29, 0.717) is 37.6 Å². The number of hydrogen-bond donors (Lipinski definition) is 1. The lowest BCUT2D eigenvalue weighted by atomic mass is 9.95. The summed E-state index contributed by atoms with van der Waals surface area (Å²) in [7, 11) is 0. The Balaban J connectivity index is 1.87. The van der Waals surface area contributed by atoms with Crippen LogP contribution in [0.2, 0.25) is 20.1 Å². The molecule has 4 nitrogen and oxygen atoms in total. The second-order valence-electron chi connectivity index (χ2n) is 8.41. The molecule has 1 aliphatic carbocycles. The molecule has 2 aromatic carbocycles. The zero-order valence-electron chi connectivity index (χ0n) is 18.6. The minimum atomic E-state index is -0.644. The lowest BCUT2D eigenvalue weighted by Gasteiger charge is -2.33. The number of benzene rings is 2. The van der Waals surface area contributed by atoms with Gasteiger partial charge in [0.05, 0.1) is 16.5 Å². The first-order valence-electron chi connectivity index (χ1n) is 11.3. The summed E-state index contributed by atoms with van der Waals surface area (Å²) < 4.78 is 0. The Kier molecular flexibility index (Phi) is 9.75. The van der Waals surface area contributed by atoms with Crippen molar-refractivity contribution in [3.8, 4) is 0 Å². The first-order chi connectivity index (χ1) is 15.8. The fourth-order valence-electron chi connectivity index (χ4n) is 4.24. The highest BCUT2D eigenvalue weighted by atomic mass is 35.5. The Bertz CT molecular complexity index is 972. The third-order valence-corrected chi connectivity index (χ3v) is 7.51. The third-order valence-electron chi connectivity index (χ3n) is 6.07. The Morgan fingerprint density at radius 3 is 2.24 bits per heavy atom. The van der Waals surface area contributed by atoms with Crippen LogP contribution in [-0.4, -0.2) is 28.8 Å². The largest absolute Gasteiger partial charge is 0.352 e. The van der Waals surface area contributed by atoms with E-state index in [1.165, 1.54) is 6.42 Å². The monoisotopic (exact) mass is 528 g/mol. The minimum Gasteiger partial charge on any atom is -0.352 e. The summed E-state index contributed by atoms with van der Waals surface area (Å²) in [5.41, 5.74) is 1.33. The normalized spacial score (nSPS) is 15.2. The second kappa shape index (κ2) is 12.3. The van der Waals surface area contributed by atoms with E-state index in [9.17, 15) is 9.59 Å². The van der Waals surface area contributed by atoms with Crippen molar-refractivity contribution in [3.05, 3.63) is 67.6 Å². The predicted octanol–water partition coefficient (Wildman–Crippen LogP) is 7.10. The van der Waals surface area contributed by atoms with Gasteiger partial charge in [-0.1, -0.05) is 84.7 Å². The number of hydrogen-bond acceptors (Lipinski definition) is 2. The van der Waals surface area contributed by atoms with Gasteiger partial charge in [-0.15, -0.1) is 0 Å². The maximum absolute atomic E-state index is 13.5. The predicted molar refractivity (Wildman–Crippen MR) is 136 cm³/mol. The molecule has 0 unspecified atom stereocenters. The fourth-order valence-corrected chi connectivity index (χ4v) is 5.08. The van der Waals surface area contributed by atoms with Crippen LogP contribution < -0.4 is 5.32 Å². The van der Waals surface area contributed by atoms with Gasteiger partial charge in [-0.05, 0) is 49.1 Å². The summed E-state index contributed by atoms with van der Waals surface area (Å²) in [5, 5.41) is 4.88. The van der Waals surface area contributed by atoms with Crippen LogP contribution >= 0.6 is 46.4 Å². The van der Waals surface area contributed by atoms with Crippen LogP contribution in [0.25, 0.3) is 0 Å². The Morgan fingerprint density at radius 1 is 0.970 bits per heavy atom. The molecule has 33 heavy (non-hydrogen) atoms. The highest BCUT2D eigenvalue weighted by Crippen LogP contribution is 2.28. The third kappa shape index (κ3) is 7.02. The van der Waals surface area contributed by atoms with Crippen molar-refractivity contribution in [2.75, 3.05) is 0 Å². The van der Waals surface area contributed by atoms with Crippen LogP contribution in [0.3, 0.4) is 0 Å². The average molecular weight is 530 g/mol. The van der Waals surface area contributed by atoms with Crippen molar-refractivity contribution in [1.29, 1.82) is 0 Å². The summed E-state index contributed by atoms with van der Waals surface area (Å²) in [5.74, 6) is -0.356. The molecular weight excluding hydrogens is 502 g/mol. The molecule has 0 saturated heterocycles. The van der Waals surface area contributed by atoms with Crippen molar-refractivity contribution in [2.24, 2.45) is 0 Å². The molecule has 1 fully saturated rings. The average Bonchev–Trinajstić information content (AvgIpc) is 2.78. The summed E-state index contributed by atoms with van der Waals surface area (Å²) in [6.07, 6.45) is 5.89. The molecule has 0 bridgehead atoms. The Morgan fingerprint density at radius 2 is 1.64 bits per heavy atom. The lowest BCUT2D eigenvalue weighted by molar-refractivity contribution is -0.141. The molecule has 0 aromatic heterocycles. The zero-order valence-corrected chi connectivity index (χ0v) is 21.6. The van der Waals surface area contributed by atoms with Crippen LogP contribution in [0.1, 0.15) is 56.6 Å². The van der Waals surface area contributed by atoms with Gasteiger partial charge in [0.2, 0.25) is 11.8 Å². The van der Waals surface area contributed by atoms with Gasteiger partial charge in [-0.25, -0.2) is 0 Å². The number of rotatable bonds is 8. The molecule has 1 atom stereocenters. The standard InChI is InChI=1S/C25H28Cl4N2O2/c1-2-23(25(33)30-17-7-4-3-5-8-17)31(15-18-19(26)9-6-10-20(18)27)24(32)14-16-11-12-21(28)22(29)13-16/h6,9-13,17,23H,2-5,7-8,14-15H2,1H3,(H,30,33)/t23-/m0/s1. The maximum Gasteiger partial charge on any atom is 0.243 e. The SMILES string of the molecule is CC[C@@H](C(=O)NC1CCCCC1)N(Cc1c(Cl)cccc1Cl)C(=O)Cc1ccc(Cl)c(Cl)c1. The van der Waals surface area contributed by atoms with Crippen molar-refractivity contribution in [3.63, 3.8) is 0 Å². The zero-order chi connectivity index (χ0) is 24.0. The van der Waals surface area contributed by atoms with E-state index in [-0.39, 0.29) is 30.8 Å². The van der Waals surface area contributed by atoms with Gasteiger partial charge in [0.15, 0.2) is 0 Å². The number of carbonyl (C=O) groups is 2. The highest BCUT2D eigenvalue weighted by Gasteiger charge is 2.31. The highest BCUT2D eigenvalue weighted by molar-refractivity contribution is 6.42. The van der Waals surface area contributed by atoms with Gasteiger partial charge < -0.3 is 10.2 Å². The van der Waals surface area contributed by atoms with E-state index in [2.05, 4.69) is 5.32 Å². The van der Waals surface area contributed by atoms with Crippen molar-refractivity contribution < 1.29 is 9.59 Å². The second-order valence-corrected chi connectivity index (χ2v) is 10.0. The molecule has 0 radical (unpaired) electrons. The van der Waals surface area contributed by atoms with Gasteiger partial charge in [0.1, 0.15) is 6.04 Å². The minimum absolute atomic E-state index is 0.0756. The number of amides is 2. The van der Waals surface area contributed by atoms with E-state index in [4.69, 9.17) is 46.4 Å². The summed E-state index contributed by atoms with van der Waals surface area (Å²) >= 11 is 25.0. The van der Waals surface area contributed by atoms with Crippen LogP contribution in [0.5, 0.6) is 0 Å². The van der Waals surface area contributed by atoms with Crippen LogP contribution in [0.4, 0.5) is 0 Å². The molecule has 0 spiro atoms. The van der Waals surface area contributed by atoms with Gasteiger partial charge in [0.25, 0.3) is 0 Å². The number of halogens is 4. The quantitative estimate of drug-likeness (QED) is 0.396.